The highest BCUT2D eigenvalue weighted by Gasteiger charge is 2.12. The van der Waals surface area contributed by atoms with Gasteiger partial charge in [-0.05, 0) is 32.3 Å². The van der Waals surface area contributed by atoms with Crippen molar-refractivity contribution >= 4 is 10.9 Å². The van der Waals surface area contributed by atoms with Gasteiger partial charge in [0.2, 0.25) is 0 Å². The summed E-state index contributed by atoms with van der Waals surface area (Å²) in [6, 6.07) is 9.11. The van der Waals surface area contributed by atoms with Crippen LogP contribution < -0.4 is 5.32 Å². The number of aryl methyl sites for hydroxylation is 1. The Kier molecular flexibility index (Phi) is 3.65. The largest absolute Gasteiger partial charge is 0.308 e. The smallest absolute Gasteiger partial charge is 0.0841 e. The molecule has 0 saturated heterocycles. The molecule has 2 aromatic rings. The summed E-state index contributed by atoms with van der Waals surface area (Å²) in [7, 11) is 0. The third kappa shape index (κ3) is 2.56. The van der Waals surface area contributed by atoms with E-state index in [1.54, 1.807) is 0 Å². The van der Waals surface area contributed by atoms with Gasteiger partial charge < -0.3 is 5.32 Å². The molecule has 1 aliphatic carbocycles. The molecule has 0 radical (unpaired) electrons. The van der Waals surface area contributed by atoms with E-state index in [0.717, 1.165) is 19.5 Å². The summed E-state index contributed by atoms with van der Waals surface area (Å²) in [6.07, 6.45) is 8.14. The zero-order valence-electron chi connectivity index (χ0n) is 11.5. The summed E-state index contributed by atoms with van der Waals surface area (Å²) in [5, 5.41) is 9.65. The van der Waals surface area contributed by atoms with Crippen molar-refractivity contribution in [3.63, 3.8) is 0 Å². The van der Waals surface area contributed by atoms with Crippen LogP contribution in [0.3, 0.4) is 0 Å². The first-order valence-electron chi connectivity index (χ1n) is 7.21. The van der Waals surface area contributed by atoms with Crippen LogP contribution >= 0.6 is 0 Å². The Hall–Kier alpha value is -1.61. The molecular formula is C16H21N3. The second kappa shape index (κ2) is 5.57. The molecular weight excluding hydrogens is 234 g/mol. The molecule has 1 aromatic heterocycles. The molecule has 0 saturated carbocycles. The van der Waals surface area contributed by atoms with Crippen LogP contribution in [0.15, 0.2) is 36.4 Å². The maximum atomic E-state index is 4.73. The fourth-order valence-corrected chi connectivity index (χ4v) is 2.79. The predicted molar refractivity (Wildman–Crippen MR) is 79.0 cm³/mol. The fourth-order valence-electron chi connectivity index (χ4n) is 2.79. The standard InChI is InChI=1S/C16H21N3/c1-2-19-16-11-7-6-10-14(16)15(18-19)12-17-13-8-4-3-5-9-13/h3-4,6-7,10-11,13,17H,2,5,8-9,12H2,1H3. The molecule has 3 heteroatoms. The zero-order valence-corrected chi connectivity index (χ0v) is 11.5. The normalized spacial score (nSPS) is 19.1. The lowest BCUT2D eigenvalue weighted by Crippen LogP contribution is -2.29. The van der Waals surface area contributed by atoms with Gasteiger partial charge in [0.05, 0.1) is 11.2 Å². The van der Waals surface area contributed by atoms with E-state index in [9.17, 15) is 0 Å². The lowest BCUT2D eigenvalue weighted by Gasteiger charge is -2.18. The molecule has 3 rings (SSSR count). The molecule has 0 aliphatic heterocycles. The van der Waals surface area contributed by atoms with Crippen LogP contribution in [0.1, 0.15) is 31.9 Å². The Morgan fingerprint density at radius 3 is 3.00 bits per heavy atom. The number of allylic oxidation sites excluding steroid dienone is 1. The number of rotatable bonds is 4. The van der Waals surface area contributed by atoms with Crippen LogP contribution in [-0.2, 0) is 13.1 Å². The first kappa shape index (κ1) is 12.4. The molecule has 1 atom stereocenters. The minimum Gasteiger partial charge on any atom is -0.308 e. The minimum atomic E-state index is 0.607. The van der Waals surface area contributed by atoms with Crippen molar-refractivity contribution in [3.8, 4) is 0 Å². The van der Waals surface area contributed by atoms with E-state index in [0.29, 0.717) is 6.04 Å². The average molecular weight is 255 g/mol. The maximum absolute atomic E-state index is 4.73. The highest BCUT2D eigenvalue weighted by Crippen LogP contribution is 2.19. The van der Waals surface area contributed by atoms with Crippen LogP contribution in [0.25, 0.3) is 10.9 Å². The second-order valence-electron chi connectivity index (χ2n) is 5.14. The molecule has 0 fully saturated rings. The number of nitrogens with zero attached hydrogens (tertiary/aromatic N) is 2. The molecule has 19 heavy (non-hydrogen) atoms. The third-order valence-electron chi connectivity index (χ3n) is 3.86. The molecule has 0 bridgehead atoms. The minimum absolute atomic E-state index is 0.607. The number of hydrogen-bond donors (Lipinski definition) is 1. The Morgan fingerprint density at radius 1 is 1.32 bits per heavy atom. The molecule has 1 heterocycles. The first-order chi connectivity index (χ1) is 9.38. The zero-order chi connectivity index (χ0) is 13.1. The van der Waals surface area contributed by atoms with E-state index in [-0.39, 0.29) is 0 Å². The van der Waals surface area contributed by atoms with E-state index in [2.05, 4.69) is 53.3 Å². The molecule has 100 valence electrons. The summed E-state index contributed by atoms with van der Waals surface area (Å²) in [5.41, 5.74) is 2.41. The number of fused-ring (bicyclic) bond motifs is 1. The lowest BCUT2D eigenvalue weighted by atomic mass is 10.0. The van der Waals surface area contributed by atoms with Crippen molar-refractivity contribution in [2.75, 3.05) is 0 Å². The summed E-state index contributed by atoms with van der Waals surface area (Å²) in [5.74, 6) is 0. The van der Waals surface area contributed by atoms with Gasteiger partial charge in [0.25, 0.3) is 0 Å². The van der Waals surface area contributed by atoms with E-state index in [1.807, 2.05) is 0 Å². The van der Waals surface area contributed by atoms with Gasteiger partial charge in [-0.15, -0.1) is 0 Å². The van der Waals surface area contributed by atoms with E-state index in [1.165, 1.54) is 29.4 Å². The topological polar surface area (TPSA) is 29.9 Å². The van der Waals surface area contributed by atoms with Crippen LogP contribution in [0.5, 0.6) is 0 Å². The van der Waals surface area contributed by atoms with E-state index in [4.69, 9.17) is 5.10 Å². The van der Waals surface area contributed by atoms with Crippen molar-refractivity contribution in [3.05, 3.63) is 42.1 Å². The summed E-state index contributed by atoms with van der Waals surface area (Å²) in [4.78, 5) is 0. The van der Waals surface area contributed by atoms with Crippen LogP contribution in [0.4, 0.5) is 0 Å². The van der Waals surface area contributed by atoms with Crippen molar-refractivity contribution in [1.82, 2.24) is 15.1 Å². The number of nitrogens with one attached hydrogen (secondary N) is 1. The van der Waals surface area contributed by atoms with Gasteiger partial charge in [-0.3, -0.25) is 4.68 Å². The SMILES string of the molecule is CCn1nc(CNC2CC=CCC2)c2ccccc21. The van der Waals surface area contributed by atoms with Crippen LogP contribution in [0, 0.1) is 0 Å². The predicted octanol–water partition coefficient (Wildman–Crippen LogP) is 3.25. The van der Waals surface area contributed by atoms with Gasteiger partial charge in [-0.25, -0.2) is 0 Å². The van der Waals surface area contributed by atoms with Crippen LogP contribution in [-0.4, -0.2) is 15.8 Å². The molecule has 0 amide bonds. The second-order valence-corrected chi connectivity index (χ2v) is 5.14. The third-order valence-corrected chi connectivity index (χ3v) is 3.86. The summed E-state index contributed by atoms with van der Waals surface area (Å²) >= 11 is 0. The number of para-hydroxylation sites is 1. The van der Waals surface area contributed by atoms with Crippen molar-refractivity contribution in [2.24, 2.45) is 0 Å². The number of hydrogen-bond acceptors (Lipinski definition) is 2. The molecule has 1 N–H and O–H groups in total. The van der Waals surface area contributed by atoms with Crippen LogP contribution in [0.2, 0.25) is 0 Å². The van der Waals surface area contributed by atoms with Crippen molar-refractivity contribution < 1.29 is 0 Å². The Bertz CT molecular complexity index is 583. The van der Waals surface area contributed by atoms with Gasteiger partial charge >= 0.3 is 0 Å². The van der Waals surface area contributed by atoms with Crippen molar-refractivity contribution in [2.45, 2.75) is 45.3 Å². The van der Waals surface area contributed by atoms with Gasteiger partial charge in [-0.1, -0.05) is 30.4 Å². The average Bonchev–Trinajstić information content (AvgIpc) is 2.84. The number of benzene rings is 1. The highest BCUT2D eigenvalue weighted by atomic mass is 15.3. The fraction of sp³-hybridized carbons (Fsp3) is 0.438. The Balaban J connectivity index is 1.78. The quantitative estimate of drug-likeness (QED) is 0.850. The van der Waals surface area contributed by atoms with Gasteiger partial charge in [0.15, 0.2) is 0 Å². The van der Waals surface area contributed by atoms with Gasteiger partial charge in [0, 0.05) is 24.5 Å². The molecule has 0 spiro atoms. The molecule has 1 aromatic carbocycles. The molecule has 1 aliphatic rings. The van der Waals surface area contributed by atoms with Gasteiger partial charge in [-0.2, -0.15) is 5.10 Å². The summed E-state index contributed by atoms with van der Waals surface area (Å²) < 4.78 is 2.09. The Labute approximate surface area is 114 Å². The van der Waals surface area contributed by atoms with E-state index >= 15 is 0 Å². The van der Waals surface area contributed by atoms with E-state index < -0.39 is 0 Å². The molecule has 3 nitrogen and oxygen atoms in total. The van der Waals surface area contributed by atoms with Crippen molar-refractivity contribution in [1.29, 1.82) is 0 Å². The summed E-state index contributed by atoms with van der Waals surface area (Å²) in [6.45, 7) is 3.93. The maximum Gasteiger partial charge on any atom is 0.0841 e. The lowest BCUT2D eigenvalue weighted by molar-refractivity contribution is 0.469. The number of aromatic nitrogens is 2. The molecule has 1 unspecified atom stereocenters. The van der Waals surface area contributed by atoms with Gasteiger partial charge in [0.1, 0.15) is 0 Å². The monoisotopic (exact) mass is 255 g/mol. The highest BCUT2D eigenvalue weighted by molar-refractivity contribution is 5.81. The first-order valence-corrected chi connectivity index (χ1v) is 7.21. The Morgan fingerprint density at radius 2 is 2.21 bits per heavy atom.